The van der Waals surface area contributed by atoms with E-state index in [0.717, 1.165) is 17.7 Å². The summed E-state index contributed by atoms with van der Waals surface area (Å²) in [6.45, 7) is 1.69. The first kappa shape index (κ1) is 18.5. The molecule has 0 heterocycles. The van der Waals surface area contributed by atoms with Crippen LogP contribution < -0.4 is 15.4 Å². The number of ether oxygens (including phenoxy) is 2. The third-order valence-electron chi connectivity index (χ3n) is 3.14. The predicted octanol–water partition coefficient (Wildman–Crippen LogP) is 1.39. The summed E-state index contributed by atoms with van der Waals surface area (Å²) in [7, 11) is 3.24. The second kappa shape index (κ2) is 11.1. The Bertz CT molecular complexity index is 547. The quantitative estimate of drug-likeness (QED) is 0.387. The van der Waals surface area contributed by atoms with Gasteiger partial charge in [0.15, 0.2) is 0 Å². The smallest absolute Gasteiger partial charge is 0.263 e. The first-order chi connectivity index (χ1) is 11.2. The Hall–Kier alpha value is -2.52. The highest BCUT2D eigenvalue weighted by atomic mass is 16.5. The monoisotopic (exact) mass is 317 g/mol. The van der Waals surface area contributed by atoms with Gasteiger partial charge in [0, 0.05) is 33.0 Å². The second-order valence-electron chi connectivity index (χ2n) is 4.82. The first-order valence-electron chi connectivity index (χ1n) is 7.45. The lowest BCUT2D eigenvalue weighted by Crippen LogP contribution is -2.27. The number of nitriles is 1. The average molecular weight is 317 g/mol. The molecule has 1 amide bonds. The van der Waals surface area contributed by atoms with Crippen LogP contribution in [0.3, 0.4) is 0 Å². The summed E-state index contributed by atoms with van der Waals surface area (Å²) in [5, 5.41) is 14.7. The van der Waals surface area contributed by atoms with Gasteiger partial charge in [-0.25, -0.2) is 0 Å². The molecule has 0 unspecified atom stereocenters. The number of carbonyl (C=O) groups is 1. The van der Waals surface area contributed by atoms with E-state index >= 15 is 0 Å². The van der Waals surface area contributed by atoms with Crippen LogP contribution in [-0.2, 0) is 16.0 Å². The number of nitrogens with zero attached hydrogens (tertiary/aromatic N) is 1. The normalized spacial score (nSPS) is 10.7. The van der Waals surface area contributed by atoms with Gasteiger partial charge in [-0.2, -0.15) is 5.26 Å². The molecule has 0 aliphatic carbocycles. The van der Waals surface area contributed by atoms with Crippen molar-refractivity contribution < 1.29 is 14.3 Å². The molecule has 1 aromatic rings. The minimum Gasteiger partial charge on any atom is -0.497 e. The highest BCUT2D eigenvalue weighted by molar-refractivity contribution is 5.97. The molecular weight excluding hydrogens is 294 g/mol. The van der Waals surface area contributed by atoms with Crippen molar-refractivity contribution in [3.8, 4) is 11.8 Å². The van der Waals surface area contributed by atoms with Gasteiger partial charge in [-0.3, -0.25) is 4.79 Å². The van der Waals surface area contributed by atoms with Crippen LogP contribution >= 0.6 is 0 Å². The lowest BCUT2D eigenvalue weighted by Gasteiger charge is -2.06. The third-order valence-corrected chi connectivity index (χ3v) is 3.14. The number of amides is 1. The second-order valence-corrected chi connectivity index (χ2v) is 4.82. The number of nitrogens with one attached hydrogen (secondary N) is 2. The van der Waals surface area contributed by atoms with Gasteiger partial charge in [-0.05, 0) is 30.5 Å². The van der Waals surface area contributed by atoms with Crippen LogP contribution in [0.2, 0.25) is 0 Å². The fourth-order valence-electron chi connectivity index (χ4n) is 1.85. The van der Waals surface area contributed by atoms with E-state index in [-0.39, 0.29) is 11.5 Å². The molecule has 6 heteroatoms. The maximum absolute atomic E-state index is 11.8. The molecule has 0 aliphatic rings. The lowest BCUT2D eigenvalue weighted by atomic mass is 10.1. The van der Waals surface area contributed by atoms with Crippen LogP contribution in [0, 0.1) is 11.3 Å². The number of benzene rings is 1. The largest absolute Gasteiger partial charge is 0.497 e. The average Bonchev–Trinajstić information content (AvgIpc) is 2.59. The molecule has 0 spiro atoms. The van der Waals surface area contributed by atoms with E-state index in [4.69, 9.17) is 14.7 Å². The van der Waals surface area contributed by atoms with Crippen molar-refractivity contribution in [2.75, 3.05) is 33.9 Å². The Morgan fingerprint density at radius 3 is 2.61 bits per heavy atom. The van der Waals surface area contributed by atoms with E-state index in [1.807, 2.05) is 30.3 Å². The summed E-state index contributed by atoms with van der Waals surface area (Å²) in [4.78, 5) is 11.8. The molecule has 0 bridgehead atoms. The van der Waals surface area contributed by atoms with E-state index < -0.39 is 0 Å². The molecule has 0 saturated carbocycles. The fraction of sp³-hybridized carbons (Fsp3) is 0.412. The van der Waals surface area contributed by atoms with Gasteiger partial charge < -0.3 is 20.1 Å². The third kappa shape index (κ3) is 7.34. The Balaban J connectivity index is 2.35. The molecule has 0 aliphatic heterocycles. The highest BCUT2D eigenvalue weighted by Gasteiger charge is 2.07. The van der Waals surface area contributed by atoms with Crippen molar-refractivity contribution in [3.05, 3.63) is 41.6 Å². The first-order valence-corrected chi connectivity index (χ1v) is 7.45. The van der Waals surface area contributed by atoms with Gasteiger partial charge in [-0.1, -0.05) is 12.1 Å². The minimum atomic E-state index is -0.374. The van der Waals surface area contributed by atoms with Crippen molar-refractivity contribution >= 4 is 5.91 Å². The Morgan fingerprint density at radius 1 is 1.26 bits per heavy atom. The van der Waals surface area contributed by atoms with Crippen molar-refractivity contribution in [1.82, 2.24) is 10.6 Å². The summed E-state index contributed by atoms with van der Waals surface area (Å²) in [5.41, 5.74) is 1.21. The lowest BCUT2D eigenvalue weighted by molar-refractivity contribution is -0.117. The van der Waals surface area contributed by atoms with Gasteiger partial charge in [0.25, 0.3) is 5.91 Å². The van der Waals surface area contributed by atoms with Crippen molar-refractivity contribution in [3.63, 3.8) is 0 Å². The topological polar surface area (TPSA) is 83.4 Å². The van der Waals surface area contributed by atoms with Crippen LogP contribution in [0.5, 0.6) is 5.75 Å². The van der Waals surface area contributed by atoms with Crippen LogP contribution in [0.1, 0.15) is 12.0 Å². The minimum absolute atomic E-state index is 0.0668. The van der Waals surface area contributed by atoms with Crippen molar-refractivity contribution in [2.24, 2.45) is 0 Å². The summed E-state index contributed by atoms with van der Waals surface area (Å²) in [6.07, 6.45) is 2.95. The van der Waals surface area contributed by atoms with Crippen LogP contribution in [-0.4, -0.2) is 39.8 Å². The fourth-order valence-corrected chi connectivity index (χ4v) is 1.85. The molecule has 1 aromatic carbocycles. The van der Waals surface area contributed by atoms with E-state index in [1.54, 1.807) is 14.2 Å². The van der Waals surface area contributed by atoms with Gasteiger partial charge >= 0.3 is 0 Å². The highest BCUT2D eigenvalue weighted by Crippen LogP contribution is 2.11. The van der Waals surface area contributed by atoms with E-state index in [2.05, 4.69) is 10.6 Å². The van der Waals surface area contributed by atoms with Crippen molar-refractivity contribution in [2.45, 2.75) is 12.8 Å². The Morgan fingerprint density at radius 2 is 2.00 bits per heavy atom. The zero-order valence-corrected chi connectivity index (χ0v) is 13.6. The zero-order valence-electron chi connectivity index (χ0n) is 13.6. The number of hydrogen-bond acceptors (Lipinski definition) is 5. The van der Waals surface area contributed by atoms with E-state index in [0.29, 0.717) is 26.1 Å². The standard InChI is InChI=1S/C17H23N3O3/c1-22-11-3-9-20-17(21)15(12-18)13-19-10-8-14-4-6-16(23-2)7-5-14/h4-7,13,19H,3,8-11H2,1-2H3,(H,20,21)/b15-13-. The van der Waals surface area contributed by atoms with Gasteiger partial charge in [-0.15, -0.1) is 0 Å². The van der Waals surface area contributed by atoms with Crippen LogP contribution in [0.4, 0.5) is 0 Å². The molecule has 0 fully saturated rings. The SMILES string of the molecule is COCCCNC(=O)/C(C#N)=C\NCCc1ccc(OC)cc1. The predicted molar refractivity (Wildman–Crippen MR) is 87.9 cm³/mol. The van der Waals surface area contributed by atoms with Crippen LogP contribution in [0.25, 0.3) is 0 Å². The number of hydrogen-bond donors (Lipinski definition) is 2. The zero-order chi connectivity index (χ0) is 16.9. The Labute approximate surface area is 137 Å². The molecule has 0 atom stereocenters. The molecule has 23 heavy (non-hydrogen) atoms. The summed E-state index contributed by atoms with van der Waals surface area (Å²) >= 11 is 0. The Kier molecular flexibility index (Phi) is 8.94. The maximum Gasteiger partial charge on any atom is 0.263 e. The summed E-state index contributed by atoms with van der Waals surface area (Å²) < 4.78 is 10.00. The van der Waals surface area contributed by atoms with E-state index in [1.165, 1.54) is 6.20 Å². The molecular formula is C17H23N3O3. The molecule has 0 saturated heterocycles. The molecule has 2 N–H and O–H groups in total. The molecule has 0 radical (unpaired) electrons. The van der Waals surface area contributed by atoms with Crippen LogP contribution in [0.15, 0.2) is 36.0 Å². The van der Waals surface area contributed by atoms with Gasteiger partial charge in [0.2, 0.25) is 0 Å². The van der Waals surface area contributed by atoms with Gasteiger partial charge in [0.05, 0.1) is 7.11 Å². The molecule has 0 aromatic heterocycles. The summed E-state index contributed by atoms with van der Waals surface area (Å²) in [5.74, 6) is 0.444. The van der Waals surface area contributed by atoms with Gasteiger partial charge in [0.1, 0.15) is 17.4 Å². The summed E-state index contributed by atoms with van der Waals surface area (Å²) in [6, 6.07) is 9.67. The number of rotatable bonds is 10. The maximum atomic E-state index is 11.8. The number of methoxy groups -OCH3 is 2. The van der Waals surface area contributed by atoms with Crippen molar-refractivity contribution in [1.29, 1.82) is 5.26 Å². The number of carbonyl (C=O) groups excluding carboxylic acids is 1. The molecule has 1 rings (SSSR count). The molecule has 6 nitrogen and oxygen atoms in total. The molecule has 124 valence electrons. The van der Waals surface area contributed by atoms with E-state index in [9.17, 15) is 4.79 Å².